The van der Waals surface area contributed by atoms with Crippen LogP contribution in [-0.2, 0) is 10.0 Å². The fourth-order valence-corrected chi connectivity index (χ4v) is 3.39. The first-order chi connectivity index (χ1) is 7.50. The Bertz CT molecular complexity index is 475. The second-order valence-corrected chi connectivity index (χ2v) is 5.77. The molecule has 0 amide bonds. The molecule has 2 rings (SSSR count). The van der Waals surface area contributed by atoms with Crippen molar-refractivity contribution in [3.05, 3.63) is 24.0 Å². The van der Waals surface area contributed by atoms with Crippen LogP contribution in [0.4, 0.5) is 10.1 Å². The molecule has 0 aliphatic carbocycles. The molecule has 88 valence electrons. The van der Waals surface area contributed by atoms with Crippen LogP contribution in [0.25, 0.3) is 0 Å². The highest BCUT2D eigenvalue weighted by Crippen LogP contribution is 2.23. The molecule has 0 radical (unpaired) electrons. The van der Waals surface area contributed by atoms with Crippen molar-refractivity contribution in [1.82, 2.24) is 4.31 Å². The summed E-state index contributed by atoms with van der Waals surface area (Å²) in [5, 5.41) is 0. The van der Waals surface area contributed by atoms with Crippen molar-refractivity contribution in [2.75, 3.05) is 18.8 Å². The van der Waals surface area contributed by atoms with Crippen molar-refractivity contribution in [3.8, 4) is 0 Å². The lowest BCUT2D eigenvalue weighted by atomic mass is 10.3. The minimum Gasteiger partial charge on any atom is -0.399 e. The summed E-state index contributed by atoms with van der Waals surface area (Å²) in [6.07, 6.45) is 1.70. The van der Waals surface area contributed by atoms with Crippen LogP contribution in [0.1, 0.15) is 12.8 Å². The zero-order chi connectivity index (χ0) is 11.8. The molecular weight excluding hydrogens is 231 g/mol. The molecule has 0 spiro atoms. The number of anilines is 1. The van der Waals surface area contributed by atoms with Gasteiger partial charge in [0.05, 0.1) is 4.90 Å². The fourth-order valence-electron chi connectivity index (χ4n) is 1.81. The highest BCUT2D eigenvalue weighted by atomic mass is 32.2. The molecular formula is C10H13FN2O2S. The minimum atomic E-state index is -3.57. The van der Waals surface area contributed by atoms with Crippen LogP contribution in [0, 0.1) is 5.82 Å². The summed E-state index contributed by atoms with van der Waals surface area (Å²) in [4.78, 5) is -0.0631. The number of benzene rings is 1. The Kier molecular flexibility index (Phi) is 2.86. The Hall–Kier alpha value is -1.14. The number of halogens is 1. The first-order valence-electron chi connectivity index (χ1n) is 5.06. The van der Waals surface area contributed by atoms with E-state index in [2.05, 4.69) is 0 Å². The Morgan fingerprint density at radius 2 is 1.81 bits per heavy atom. The zero-order valence-corrected chi connectivity index (χ0v) is 9.50. The maximum atomic E-state index is 13.1. The lowest BCUT2D eigenvalue weighted by molar-refractivity contribution is 0.476. The average Bonchev–Trinajstić information content (AvgIpc) is 2.69. The zero-order valence-electron chi connectivity index (χ0n) is 8.69. The van der Waals surface area contributed by atoms with Gasteiger partial charge in [0, 0.05) is 18.8 Å². The van der Waals surface area contributed by atoms with Gasteiger partial charge in [-0.25, -0.2) is 12.8 Å². The molecule has 16 heavy (non-hydrogen) atoms. The molecule has 1 aliphatic heterocycles. The number of nitrogen functional groups attached to an aromatic ring is 1. The van der Waals surface area contributed by atoms with Gasteiger partial charge in [-0.2, -0.15) is 4.31 Å². The SMILES string of the molecule is Nc1cc(F)cc(S(=O)(=O)N2CCCC2)c1. The largest absolute Gasteiger partial charge is 0.399 e. The van der Waals surface area contributed by atoms with Crippen LogP contribution in [0.3, 0.4) is 0 Å². The summed E-state index contributed by atoms with van der Waals surface area (Å²) in [7, 11) is -3.57. The number of hydrogen-bond donors (Lipinski definition) is 1. The van der Waals surface area contributed by atoms with Gasteiger partial charge in [-0.15, -0.1) is 0 Å². The van der Waals surface area contributed by atoms with E-state index >= 15 is 0 Å². The second kappa shape index (κ2) is 4.03. The molecule has 1 saturated heterocycles. The first kappa shape index (κ1) is 11.3. The van der Waals surface area contributed by atoms with E-state index in [4.69, 9.17) is 5.73 Å². The van der Waals surface area contributed by atoms with Crippen LogP contribution in [-0.4, -0.2) is 25.8 Å². The number of nitrogens with two attached hydrogens (primary N) is 1. The van der Waals surface area contributed by atoms with Gasteiger partial charge in [0.1, 0.15) is 5.82 Å². The fraction of sp³-hybridized carbons (Fsp3) is 0.400. The monoisotopic (exact) mass is 244 g/mol. The van der Waals surface area contributed by atoms with Crippen molar-refractivity contribution < 1.29 is 12.8 Å². The third-order valence-corrected chi connectivity index (χ3v) is 4.47. The molecule has 0 atom stereocenters. The standard InChI is InChI=1S/C10H13FN2O2S/c11-8-5-9(12)7-10(6-8)16(14,15)13-3-1-2-4-13/h5-7H,1-4,12H2. The normalized spacial score (nSPS) is 17.8. The molecule has 1 aromatic rings. The van der Waals surface area contributed by atoms with Crippen LogP contribution >= 0.6 is 0 Å². The van der Waals surface area contributed by atoms with Gasteiger partial charge >= 0.3 is 0 Å². The summed E-state index contributed by atoms with van der Waals surface area (Å²) in [5.74, 6) is -0.627. The van der Waals surface area contributed by atoms with Gasteiger partial charge in [0.15, 0.2) is 0 Å². The Labute approximate surface area is 93.9 Å². The van der Waals surface area contributed by atoms with E-state index in [1.807, 2.05) is 0 Å². The van der Waals surface area contributed by atoms with Crippen molar-refractivity contribution in [2.45, 2.75) is 17.7 Å². The predicted molar refractivity (Wildman–Crippen MR) is 58.8 cm³/mol. The summed E-state index contributed by atoms with van der Waals surface area (Å²) >= 11 is 0. The van der Waals surface area contributed by atoms with Gasteiger partial charge in [-0.05, 0) is 31.0 Å². The molecule has 0 aromatic heterocycles. The van der Waals surface area contributed by atoms with Crippen LogP contribution in [0.15, 0.2) is 23.1 Å². The molecule has 0 unspecified atom stereocenters. The third kappa shape index (κ3) is 2.03. The van der Waals surface area contributed by atoms with Crippen molar-refractivity contribution >= 4 is 15.7 Å². The van der Waals surface area contributed by atoms with Crippen LogP contribution < -0.4 is 5.73 Å². The summed E-state index contributed by atoms with van der Waals surface area (Å²) < 4.78 is 38.5. The van der Waals surface area contributed by atoms with Gasteiger partial charge in [0.2, 0.25) is 10.0 Å². The lowest BCUT2D eigenvalue weighted by Gasteiger charge is -2.15. The Balaban J connectivity index is 2.42. The molecule has 1 aliphatic rings. The maximum Gasteiger partial charge on any atom is 0.243 e. The lowest BCUT2D eigenvalue weighted by Crippen LogP contribution is -2.28. The van der Waals surface area contributed by atoms with Crippen molar-refractivity contribution in [1.29, 1.82) is 0 Å². The van der Waals surface area contributed by atoms with Gasteiger partial charge in [-0.1, -0.05) is 0 Å². The van der Waals surface area contributed by atoms with E-state index < -0.39 is 15.8 Å². The van der Waals surface area contributed by atoms with Gasteiger partial charge in [-0.3, -0.25) is 0 Å². The number of rotatable bonds is 2. The number of hydrogen-bond acceptors (Lipinski definition) is 3. The highest BCUT2D eigenvalue weighted by molar-refractivity contribution is 7.89. The van der Waals surface area contributed by atoms with E-state index in [0.717, 1.165) is 25.0 Å². The second-order valence-electron chi connectivity index (χ2n) is 3.83. The topological polar surface area (TPSA) is 63.4 Å². The molecule has 0 saturated carbocycles. The minimum absolute atomic E-state index is 0.0631. The molecule has 0 bridgehead atoms. The number of nitrogens with zero attached hydrogens (tertiary/aromatic N) is 1. The van der Waals surface area contributed by atoms with E-state index in [0.29, 0.717) is 13.1 Å². The molecule has 2 N–H and O–H groups in total. The molecule has 4 nitrogen and oxygen atoms in total. The molecule has 1 heterocycles. The highest BCUT2D eigenvalue weighted by Gasteiger charge is 2.27. The van der Waals surface area contributed by atoms with Crippen LogP contribution in [0.2, 0.25) is 0 Å². The summed E-state index contributed by atoms with van der Waals surface area (Å²) in [5.41, 5.74) is 5.55. The maximum absolute atomic E-state index is 13.1. The average molecular weight is 244 g/mol. The van der Waals surface area contributed by atoms with E-state index in [-0.39, 0.29) is 10.6 Å². The Morgan fingerprint density at radius 3 is 2.38 bits per heavy atom. The Morgan fingerprint density at radius 1 is 1.19 bits per heavy atom. The third-order valence-electron chi connectivity index (χ3n) is 2.60. The molecule has 6 heteroatoms. The molecule has 1 aromatic carbocycles. The van der Waals surface area contributed by atoms with Gasteiger partial charge < -0.3 is 5.73 Å². The van der Waals surface area contributed by atoms with Crippen LogP contribution in [0.5, 0.6) is 0 Å². The summed E-state index contributed by atoms with van der Waals surface area (Å²) in [6.45, 7) is 0.998. The van der Waals surface area contributed by atoms with Crippen molar-refractivity contribution in [2.24, 2.45) is 0 Å². The quantitative estimate of drug-likeness (QED) is 0.795. The van der Waals surface area contributed by atoms with E-state index in [1.54, 1.807) is 0 Å². The molecule has 1 fully saturated rings. The van der Waals surface area contributed by atoms with Crippen molar-refractivity contribution in [3.63, 3.8) is 0 Å². The van der Waals surface area contributed by atoms with E-state index in [1.165, 1.54) is 10.4 Å². The number of sulfonamides is 1. The predicted octanol–water partition coefficient (Wildman–Crippen LogP) is 1.19. The summed E-state index contributed by atoms with van der Waals surface area (Å²) in [6, 6.07) is 3.39. The first-order valence-corrected chi connectivity index (χ1v) is 6.50. The smallest absolute Gasteiger partial charge is 0.243 e. The van der Waals surface area contributed by atoms with E-state index in [9.17, 15) is 12.8 Å². The van der Waals surface area contributed by atoms with Gasteiger partial charge in [0.25, 0.3) is 0 Å².